The summed E-state index contributed by atoms with van der Waals surface area (Å²) in [5.74, 6) is -4.18. The first-order valence-corrected chi connectivity index (χ1v) is 4.11. The molecule has 0 atom stereocenters. The van der Waals surface area contributed by atoms with Crippen molar-refractivity contribution in [2.45, 2.75) is 25.5 Å². The summed E-state index contributed by atoms with van der Waals surface area (Å²) in [4.78, 5) is 0. The Kier molecular flexibility index (Phi) is 3.12. The van der Waals surface area contributed by atoms with Crippen molar-refractivity contribution in [3.63, 3.8) is 0 Å². The molecule has 0 amide bonds. The van der Waals surface area contributed by atoms with Gasteiger partial charge >= 0.3 is 18.5 Å². The number of halogens is 9. The molecule has 1 aromatic rings. The molecule has 0 aliphatic heterocycles. The van der Waals surface area contributed by atoms with Crippen LogP contribution < -0.4 is 0 Å². The monoisotopic (exact) mass is 286 g/mol. The Morgan fingerprint density at radius 1 is 0.667 bits per heavy atom. The van der Waals surface area contributed by atoms with Gasteiger partial charge in [-0.25, -0.2) is 0 Å². The van der Waals surface area contributed by atoms with E-state index in [2.05, 4.69) is 4.42 Å². The van der Waals surface area contributed by atoms with Gasteiger partial charge in [-0.3, -0.25) is 0 Å². The van der Waals surface area contributed by atoms with Crippen LogP contribution in [0.3, 0.4) is 0 Å². The molecule has 0 aliphatic rings. The van der Waals surface area contributed by atoms with E-state index in [9.17, 15) is 39.5 Å². The van der Waals surface area contributed by atoms with Crippen LogP contribution in [0.5, 0.6) is 0 Å². The third kappa shape index (κ3) is 2.56. The Morgan fingerprint density at radius 2 is 1.06 bits per heavy atom. The minimum absolute atomic E-state index is 0.382. The van der Waals surface area contributed by atoms with Crippen molar-refractivity contribution in [3.05, 3.63) is 22.6 Å². The molecule has 104 valence electrons. The van der Waals surface area contributed by atoms with Crippen molar-refractivity contribution in [2.75, 3.05) is 0 Å². The minimum Gasteiger partial charge on any atom is -0.455 e. The van der Waals surface area contributed by atoms with Crippen LogP contribution in [0.15, 0.2) is 4.42 Å². The Morgan fingerprint density at radius 3 is 1.33 bits per heavy atom. The Labute approximate surface area is 93.2 Å². The molecule has 1 heterocycles. The maximum Gasteiger partial charge on any atom is 0.450 e. The van der Waals surface area contributed by atoms with Gasteiger partial charge in [-0.2, -0.15) is 39.5 Å². The van der Waals surface area contributed by atoms with Crippen molar-refractivity contribution < 1.29 is 43.9 Å². The van der Waals surface area contributed by atoms with Gasteiger partial charge in [0.25, 0.3) is 0 Å². The highest BCUT2D eigenvalue weighted by atomic mass is 19.4. The first kappa shape index (κ1) is 14.7. The fourth-order valence-corrected chi connectivity index (χ4v) is 1.36. The number of rotatable bonds is 0. The van der Waals surface area contributed by atoms with Crippen molar-refractivity contribution in [1.29, 1.82) is 0 Å². The van der Waals surface area contributed by atoms with Gasteiger partial charge in [0, 0.05) is 0 Å². The second-order valence-corrected chi connectivity index (χ2v) is 3.23. The van der Waals surface area contributed by atoms with Crippen LogP contribution in [0.25, 0.3) is 0 Å². The molecule has 1 rings (SSSR count). The molecular formula is C8H3F9O. The van der Waals surface area contributed by atoms with Gasteiger partial charge in [-0.15, -0.1) is 0 Å². The van der Waals surface area contributed by atoms with E-state index in [-0.39, 0.29) is 0 Å². The molecule has 0 N–H and O–H groups in total. The van der Waals surface area contributed by atoms with Crippen LogP contribution in [-0.4, -0.2) is 0 Å². The lowest BCUT2D eigenvalue weighted by molar-refractivity contribution is -0.178. The molecule has 0 aromatic carbocycles. The summed E-state index contributed by atoms with van der Waals surface area (Å²) >= 11 is 0. The van der Waals surface area contributed by atoms with Gasteiger partial charge in [-0.1, -0.05) is 0 Å². The lowest BCUT2D eigenvalue weighted by atomic mass is 10.1. The predicted molar refractivity (Wildman–Crippen MR) is 38.5 cm³/mol. The molecule has 0 bridgehead atoms. The number of aryl methyl sites for hydroxylation is 1. The summed E-state index contributed by atoms with van der Waals surface area (Å²) in [5.41, 5.74) is -5.30. The standard InChI is InChI=1S/C8H3F9O/c1-2-3(6(9,10)11)4(7(12,13)14)5(18-2)8(15,16)17/h1H3. The third-order valence-corrected chi connectivity index (χ3v) is 1.91. The van der Waals surface area contributed by atoms with Crippen molar-refractivity contribution in [1.82, 2.24) is 0 Å². The summed E-state index contributed by atoms with van der Waals surface area (Å²) in [6.45, 7) is 0.382. The zero-order chi connectivity index (χ0) is 14.5. The zero-order valence-electron chi connectivity index (χ0n) is 8.31. The molecule has 10 heteroatoms. The molecule has 0 saturated heterocycles. The van der Waals surface area contributed by atoms with E-state index in [4.69, 9.17) is 0 Å². The lowest BCUT2D eigenvalue weighted by Gasteiger charge is -2.13. The van der Waals surface area contributed by atoms with Gasteiger partial charge in [0.05, 0.1) is 0 Å². The van der Waals surface area contributed by atoms with Crippen molar-refractivity contribution in [2.24, 2.45) is 0 Å². The van der Waals surface area contributed by atoms with E-state index in [1.165, 1.54) is 0 Å². The smallest absolute Gasteiger partial charge is 0.450 e. The number of alkyl halides is 9. The molecule has 0 aliphatic carbocycles. The first-order chi connectivity index (χ1) is 7.76. The van der Waals surface area contributed by atoms with E-state index in [1.54, 1.807) is 0 Å². The first-order valence-electron chi connectivity index (χ1n) is 4.11. The highest BCUT2D eigenvalue weighted by molar-refractivity contribution is 5.39. The quantitative estimate of drug-likeness (QED) is 0.633. The molecule has 18 heavy (non-hydrogen) atoms. The highest BCUT2D eigenvalue weighted by Gasteiger charge is 2.54. The second kappa shape index (κ2) is 3.82. The van der Waals surface area contributed by atoms with E-state index in [0.29, 0.717) is 6.92 Å². The largest absolute Gasteiger partial charge is 0.455 e. The normalized spacial score (nSPS) is 14.1. The fourth-order valence-electron chi connectivity index (χ4n) is 1.36. The maximum atomic E-state index is 12.3. The minimum atomic E-state index is -5.83. The van der Waals surface area contributed by atoms with Crippen LogP contribution >= 0.6 is 0 Å². The van der Waals surface area contributed by atoms with Crippen LogP contribution in [0.1, 0.15) is 22.6 Å². The van der Waals surface area contributed by atoms with E-state index in [1.807, 2.05) is 0 Å². The Bertz CT molecular complexity index is 445. The topological polar surface area (TPSA) is 13.1 Å². The highest BCUT2D eigenvalue weighted by Crippen LogP contribution is 2.49. The fraction of sp³-hybridized carbons (Fsp3) is 0.500. The van der Waals surface area contributed by atoms with E-state index < -0.39 is 41.2 Å². The molecule has 0 saturated carbocycles. The van der Waals surface area contributed by atoms with E-state index in [0.717, 1.165) is 0 Å². The molecule has 0 fully saturated rings. The second-order valence-electron chi connectivity index (χ2n) is 3.23. The lowest BCUT2D eigenvalue weighted by Crippen LogP contribution is -2.19. The molecule has 1 nitrogen and oxygen atoms in total. The SMILES string of the molecule is Cc1oc(C(F)(F)F)c(C(F)(F)F)c1C(F)(F)F. The van der Waals surface area contributed by atoms with Gasteiger partial charge < -0.3 is 4.42 Å². The summed E-state index contributed by atoms with van der Waals surface area (Å²) in [5, 5.41) is 0. The number of hydrogen-bond donors (Lipinski definition) is 0. The number of hydrogen-bond acceptors (Lipinski definition) is 1. The van der Waals surface area contributed by atoms with Crippen LogP contribution in [0.2, 0.25) is 0 Å². The summed E-state index contributed by atoms with van der Waals surface area (Å²) < 4.78 is 114. The Hall–Kier alpha value is -1.35. The summed E-state index contributed by atoms with van der Waals surface area (Å²) in [6, 6.07) is 0. The zero-order valence-corrected chi connectivity index (χ0v) is 8.31. The number of furan rings is 1. The van der Waals surface area contributed by atoms with Gasteiger partial charge in [0.15, 0.2) is 0 Å². The molecule has 0 unspecified atom stereocenters. The van der Waals surface area contributed by atoms with Crippen LogP contribution in [-0.2, 0) is 18.5 Å². The van der Waals surface area contributed by atoms with Gasteiger partial charge in [-0.05, 0) is 6.92 Å². The average molecular weight is 286 g/mol. The van der Waals surface area contributed by atoms with Crippen molar-refractivity contribution >= 4 is 0 Å². The third-order valence-electron chi connectivity index (χ3n) is 1.91. The van der Waals surface area contributed by atoms with Crippen LogP contribution in [0.4, 0.5) is 39.5 Å². The maximum absolute atomic E-state index is 12.3. The average Bonchev–Trinajstić information content (AvgIpc) is 2.39. The van der Waals surface area contributed by atoms with E-state index >= 15 is 0 Å². The van der Waals surface area contributed by atoms with Crippen molar-refractivity contribution in [3.8, 4) is 0 Å². The van der Waals surface area contributed by atoms with Crippen LogP contribution in [0, 0.1) is 6.92 Å². The molecular weight excluding hydrogens is 283 g/mol. The predicted octanol–water partition coefficient (Wildman–Crippen LogP) is 4.64. The van der Waals surface area contributed by atoms with Gasteiger partial charge in [0.2, 0.25) is 5.76 Å². The molecule has 0 radical (unpaired) electrons. The molecule has 0 spiro atoms. The summed E-state index contributed by atoms with van der Waals surface area (Å²) in [7, 11) is 0. The Balaban J connectivity index is 3.70. The summed E-state index contributed by atoms with van der Waals surface area (Å²) in [6.07, 6.45) is -17.1. The molecule has 1 aromatic heterocycles. The van der Waals surface area contributed by atoms with Gasteiger partial charge in [0.1, 0.15) is 16.9 Å².